The van der Waals surface area contributed by atoms with Gasteiger partial charge in [-0.25, -0.2) is 0 Å². The number of carbonyl (C=O) groups excluding carboxylic acids is 1. The maximum absolute atomic E-state index is 12.1. The fourth-order valence-electron chi connectivity index (χ4n) is 2.03. The number of nitrogen functional groups attached to an aromatic ring is 1. The van der Waals surface area contributed by atoms with Gasteiger partial charge in [-0.3, -0.25) is 9.48 Å². The van der Waals surface area contributed by atoms with Crippen LogP contribution < -0.4 is 11.1 Å². The van der Waals surface area contributed by atoms with Crippen LogP contribution in [0.2, 0.25) is 0 Å². The maximum Gasteiger partial charge on any atom is 0.256 e. The summed E-state index contributed by atoms with van der Waals surface area (Å²) in [6, 6.07) is 8.28. The average Bonchev–Trinajstić information content (AvgIpc) is 2.78. The van der Waals surface area contributed by atoms with E-state index < -0.39 is 0 Å². The van der Waals surface area contributed by atoms with Gasteiger partial charge in [-0.2, -0.15) is 5.10 Å². The van der Waals surface area contributed by atoms with Crippen LogP contribution in [0.1, 0.15) is 29.3 Å². The minimum atomic E-state index is -0.177. The smallest absolute Gasteiger partial charge is 0.256 e. The number of nitrogens with one attached hydrogen (secondary N) is 1. The molecule has 1 amide bonds. The molecule has 0 saturated heterocycles. The molecule has 1 atom stereocenters. The molecule has 0 aliphatic heterocycles. The lowest BCUT2D eigenvalue weighted by Crippen LogP contribution is -2.33. The lowest BCUT2D eigenvalue weighted by Gasteiger charge is -2.13. The Kier molecular flexibility index (Phi) is 5.01. The molecule has 5 nitrogen and oxygen atoms in total. The van der Waals surface area contributed by atoms with Crippen molar-refractivity contribution in [2.75, 3.05) is 5.73 Å². The molecule has 0 aliphatic rings. The van der Waals surface area contributed by atoms with Crippen molar-refractivity contribution in [1.29, 1.82) is 0 Å². The van der Waals surface area contributed by atoms with Crippen LogP contribution in [0.3, 0.4) is 0 Å². The quantitative estimate of drug-likeness (QED) is 0.869. The summed E-state index contributed by atoms with van der Waals surface area (Å²) in [5, 5.41) is 6.92. The van der Waals surface area contributed by atoms with Crippen molar-refractivity contribution < 1.29 is 4.79 Å². The number of benzene rings is 1. The van der Waals surface area contributed by atoms with Gasteiger partial charge in [0.05, 0.1) is 6.20 Å². The van der Waals surface area contributed by atoms with Crippen LogP contribution in [0.15, 0.2) is 34.9 Å². The molecule has 1 aromatic heterocycles. The first-order valence-corrected chi connectivity index (χ1v) is 7.59. The molecule has 21 heavy (non-hydrogen) atoms. The zero-order valence-corrected chi connectivity index (χ0v) is 13.7. The molecule has 1 aromatic carbocycles. The number of carbonyl (C=O) groups is 1. The molecule has 1 unspecified atom stereocenters. The molecular weight excluding hydrogens is 332 g/mol. The monoisotopic (exact) mass is 350 g/mol. The van der Waals surface area contributed by atoms with Gasteiger partial charge >= 0.3 is 0 Å². The number of amides is 1. The molecular formula is C15H19BrN4O. The van der Waals surface area contributed by atoms with E-state index in [0.717, 1.165) is 17.3 Å². The van der Waals surface area contributed by atoms with Crippen LogP contribution in [0, 0.1) is 0 Å². The minimum absolute atomic E-state index is 0.0701. The SMILES string of the molecule is CC(CCc1ccc(Br)cc1)NC(=O)c1cnn(C)c1N. The third-order valence-corrected chi connectivity index (χ3v) is 3.91. The molecule has 0 radical (unpaired) electrons. The standard InChI is InChI=1S/C15H19BrN4O/c1-10(3-4-11-5-7-12(16)8-6-11)19-15(21)13-9-18-20(2)14(13)17/h5-10H,3-4,17H2,1-2H3,(H,19,21). The molecule has 0 bridgehead atoms. The van der Waals surface area contributed by atoms with Gasteiger partial charge in [0.1, 0.15) is 11.4 Å². The highest BCUT2D eigenvalue weighted by Crippen LogP contribution is 2.13. The molecule has 0 fully saturated rings. The van der Waals surface area contributed by atoms with E-state index in [1.165, 1.54) is 16.4 Å². The van der Waals surface area contributed by atoms with Crippen molar-refractivity contribution in [3.8, 4) is 0 Å². The second-order valence-corrected chi connectivity index (χ2v) is 6.02. The van der Waals surface area contributed by atoms with Crippen molar-refractivity contribution in [2.45, 2.75) is 25.8 Å². The molecule has 2 rings (SSSR count). The van der Waals surface area contributed by atoms with Crippen LogP contribution in [-0.4, -0.2) is 21.7 Å². The summed E-state index contributed by atoms with van der Waals surface area (Å²) < 4.78 is 2.56. The van der Waals surface area contributed by atoms with Crippen LogP contribution in [0.5, 0.6) is 0 Å². The molecule has 6 heteroatoms. The fraction of sp³-hybridized carbons (Fsp3) is 0.333. The van der Waals surface area contributed by atoms with Crippen LogP contribution in [-0.2, 0) is 13.5 Å². The number of nitrogens with zero attached hydrogens (tertiary/aromatic N) is 2. The molecule has 0 aliphatic carbocycles. The minimum Gasteiger partial charge on any atom is -0.383 e. The Morgan fingerprint density at radius 3 is 2.67 bits per heavy atom. The van der Waals surface area contributed by atoms with Gasteiger partial charge in [0.2, 0.25) is 0 Å². The number of hydrogen-bond donors (Lipinski definition) is 2. The van der Waals surface area contributed by atoms with E-state index in [0.29, 0.717) is 11.4 Å². The lowest BCUT2D eigenvalue weighted by atomic mass is 10.1. The van der Waals surface area contributed by atoms with E-state index in [9.17, 15) is 4.79 Å². The van der Waals surface area contributed by atoms with Crippen molar-refractivity contribution in [2.24, 2.45) is 7.05 Å². The molecule has 0 spiro atoms. The molecule has 0 saturated carbocycles. The highest BCUT2D eigenvalue weighted by atomic mass is 79.9. The van der Waals surface area contributed by atoms with Gasteiger partial charge in [-0.1, -0.05) is 28.1 Å². The Morgan fingerprint density at radius 1 is 1.43 bits per heavy atom. The highest BCUT2D eigenvalue weighted by molar-refractivity contribution is 9.10. The average molecular weight is 351 g/mol. The van der Waals surface area contributed by atoms with Gasteiger partial charge in [0, 0.05) is 17.6 Å². The zero-order chi connectivity index (χ0) is 15.4. The predicted molar refractivity (Wildman–Crippen MR) is 87.0 cm³/mol. The Morgan fingerprint density at radius 2 is 2.10 bits per heavy atom. The maximum atomic E-state index is 12.1. The van der Waals surface area contributed by atoms with E-state index in [1.54, 1.807) is 7.05 Å². The van der Waals surface area contributed by atoms with Gasteiger partial charge in [0.15, 0.2) is 0 Å². The van der Waals surface area contributed by atoms with Crippen molar-refractivity contribution in [1.82, 2.24) is 15.1 Å². The fourth-order valence-corrected chi connectivity index (χ4v) is 2.29. The van der Waals surface area contributed by atoms with Gasteiger partial charge < -0.3 is 11.1 Å². The van der Waals surface area contributed by atoms with Crippen LogP contribution in [0.4, 0.5) is 5.82 Å². The van der Waals surface area contributed by atoms with Gasteiger partial charge in [-0.15, -0.1) is 0 Å². The van der Waals surface area contributed by atoms with E-state index >= 15 is 0 Å². The first-order valence-electron chi connectivity index (χ1n) is 6.80. The van der Waals surface area contributed by atoms with Crippen molar-refractivity contribution in [3.05, 3.63) is 46.1 Å². The van der Waals surface area contributed by atoms with Crippen molar-refractivity contribution >= 4 is 27.7 Å². The summed E-state index contributed by atoms with van der Waals surface area (Å²) >= 11 is 3.42. The number of aryl methyl sites for hydroxylation is 2. The molecule has 3 N–H and O–H groups in total. The Labute approximate surface area is 132 Å². The number of nitrogens with two attached hydrogens (primary N) is 1. The summed E-state index contributed by atoms with van der Waals surface area (Å²) in [5.74, 6) is 0.205. The second-order valence-electron chi connectivity index (χ2n) is 5.11. The van der Waals surface area contributed by atoms with E-state index in [1.807, 2.05) is 19.1 Å². The number of aromatic nitrogens is 2. The Balaban J connectivity index is 1.87. The number of hydrogen-bond acceptors (Lipinski definition) is 3. The largest absolute Gasteiger partial charge is 0.383 e. The summed E-state index contributed by atoms with van der Waals surface area (Å²) in [5.41, 5.74) is 7.47. The number of rotatable bonds is 5. The second kappa shape index (κ2) is 6.76. The lowest BCUT2D eigenvalue weighted by molar-refractivity contribution is 0.0939. The van der Waals surface area contributed by atoms with Gasteiger partial charge in [0.25, 0.3) is 5.91 Å². The van der Waals surface area contributed by atoms with Gasteiger partial charge in [-0.05, 0) is 37.5 Å². The molecule has 112 valence electrons. The van der Waals surface area contributed by atoms with Crippen LogP contribution >= 0.6 is 15.9 Å². The summed E-state index contributed by atoms with van der Waals surface area (Å²) in [6.07, 6.45) is 3.27. The Bertz CT molecular complexity index is 621. The van der Waals surface area contributed by atoms with E-state index in [2.05, 4.69) is 38.5 Å². The van der Waals surface area contributed by atoms with Crippen LogP contribution in [0.25, 0.3) is 0 Å². The summed E-state index contributed by atoms with van der Waals surface area (Å²) in [7, 11) is 1.71. The normalized spacial score (nSPS) is 12.1. The predicted octanol–water partition coefficient (Wildman–Crippen LogP) is 2.52. The topological polar surface area (TPSA) is 72.9 Å². The Hall–Kier alpha value is -1.82. The summed E-state index contributed by atoms with van der Waals surface area (Å²) in [4.78, 5) is 12.1. The third kappa shape index (κ3) is 4.07. The zero-order valence-electron chi connectivity index (χ0n) is 12.1. The number of halogens is 1. The first kappa shape index (κ1) is 15.6. The third-order valence-electron chi connectivity index (χ3n) is 3.39. The van der Waals surface area contributed by atoms with E-state index in [4.69, 9.17) is 5.73 Å². The first-order chi connectivity index (χ1) is 9.97. The molecule has 1 heterocycles. The summed E-state index contributed by atoms with van der Waals surface area (Å²) in [6.45, 7) is 1.99. The van der Waals surface area contributed by atoms with E-state index in [-0.39, 0.29) is 11.9 Å². The number of anilines is 1. The molecule has 2 aromatic rings. The van der Waals surface area contributed by atoms with Crippen molar-refractivity contribution in [3.63, 3.8) is 0 Å². The highest BCUT2D eigenvalue weighted by Gasteiger charge is 2.15.